The number of aryl methyl sites for hydroxylation is 3. The van der Waals surface area contributed by atoms with E-state index in [0.717, 1.165) is 29.7 Å². The lowest BCUT2D eigenvalue weighted by Crippen LogP contribution is -2.24. The maximum absolute atomic E-state index is 12.7. The van der Waals surface area contributed by atoms with Crippen molar-refractivity contribution in [3.63, 3.8) is 0 Å². The molecule has 1 aliphatic carbocycles. The topological polar surface area (TPSA) is 46.9 Å². The van der Waals surface area contributed by atoms with E-state index in [1.807, 2.05) is 29.9 Å². The normalized spacial score (nSPS) is 12.4. The lowest BCUT2D eigenvalue weighted by atomic mass is 9.89. The minimum absolute atomic E-state index is 0.100. The van der Waals surface area contributed by atoms with Crippen LogP contribution in [0.3, 0.4) is 0 Å². The van der Waals surface area contributed by atoms with Gasteiger partial charge in [0, 0.05) is 24.7 Å². The van der Waals surface area contributed by atoms with E-state index in [-0.39, 0.29) is 5.91 Å². The highest BCUT2D eigenvalue weighted by Crippen LogP contribution is 2.34. The number of rotatable bonds is 3. The van der Waals surface area contributed by atoms with Gasteiger partial charge >= 0.3 is 0 Å². The summed E-state index contributed by atoms with van der Waals surface area (Å²) >= 11 is 0. The first-order chi connectivity index (χ1) is 12.1. The van der Waals surface area contributed by atoms with Crippen LogP contribution in [0.5, 0.6) is 0 Å². The minimum atomic E-state index is -0.100. The molecule has 25 heavy (non-hydrogen) atoms. The summed E-state index contributed by atoms with van der Waals surface area (Å²) in [5, 5.41) is 7.53. The molecule has 1 amide bonds. The molecular weight excluding hydrogens is 310 g/mol. The zero-order valence-electron chi connectivity index (χ0n) is 14.5. The van der Waals surface area contributed by atoms with Crippen LogP contribution in [-0.4, -0.2) is 15.7 Å². The highest BCUT2D eigenvalue weighted by atomic mass is 16.1. The summed E-state index contributed by atoms with van der Waals surface area (Å²) < 4.78 is 1.84. The summed E-state index contributed by atoms with van der Waals surface area (Å²) in [6.07, 6.45) is 1.81. The molecule has 0 atom stereocenters. The molecule has 126 valence electrons. The van der Waals surface area contributed by atoms with Gasteiger partial charge in [0.15, 0.2) is 5.69 Å². The largest absolute Gasteiger partial charge is 0.347 e. The molecule has 0 radical (unpaired) electrons. The molecule has 0 spiro atoms. The lowest BCUT2D eigenvalue weighted by Gasteiger charge is -2.17. The molecule has 0 fully saturated rings. The van der Waals surface area contributed by atoms with Gasteiger partial charge in [-0.3, -0.25) is 9.48 Å². The molecular formula is C21H21N3O. The first kappa shape index (κ1) is 15.6. The third-order valence-corrected chi connectivity index (χ3v) is 4.85. The van der Waals surface area contributed by atoms with Gasteiger partial charge in [-0.15, -0.1) is 0 Å². The lowest BCUT2D eigenvalue weighted by molar-refractivity contribution is 0.0944. The zero-order chi connectivity index (χ0) is 17.4. The van der Waals surface area contributed by atoms with Crippen molar-refractivity contribution in [1.82, 2.24) is 15.1 Å². The Balaban J connectivity index is 1.60. The predicted octanol–water partition coefficient (Wildman–Crippen LogP) is 3.42. The number of benzene rings is 2. The van der Waals surface area contributed by atoms with Gasteiger partial charge < -0.3 is 5.32 Å². The summed E-state index contributed by atoms with van der Waals surface area (Å²) in [5.41, 5.74) is 7.51. The molecule has 1 aromatic heterocycles. The average molecular weight is 331 g/mol. The van der Waals surface area contributed by atoms with E-state index in [2.05, 4.69) is 47.7 Å². The first-order valence-corrected chi connectivity index (χ1v) is 8.61. The number of nitrogens with one attached hydrogen (secondary N) is 1. The number of carbonyl (C=O) groups excluding carboxylic acids is 1. The van der Waals surface area contributed by atoms with E-state index in [4.69, 9.17) is 0 Å². The van der Waals surface area contributed by atoms with E-state index in [1.165, 1.54) is 16.7 Å². The monoisotopic (exact) mass is 331 g/mol. The molecule has 2 aromatic carbocycles. The highest BCUT2D eigenvalue weighted by Gasteiger charge is 2.26. The summed E-state index contributed by atoms with van der Waals surface area (Å²) in [6, 6.07) is 16.6. The highest BCUT2D eigenvalue weighted by molar-refractivity contribution is 5.96. The molecule has 0 bridgehead atoms. The number of hydrogen-bond donors (Lipinski definition) is 1. The smallest absolute Gasteiger partial charge is 0.272 e. The van der Waals surface area contributed by atoms with Gasteiger partial charge in [0.05, 0.1) is 5.69 Å². The van der Waals surface area contributed by atoms with Crippen LogP contribution in [0, 0.1) is 6.92 Å². The maximum atomic E-state index is 12.7. The van der Waals surface area contributed by atoms with Crippen LogP contribution in [-0.2, 0) is 26.4 Å². The minimum Gasteiger partial charge on any atom is -0.347 e. The van der Waals surface area contributed by atoms with Crippen molar-refractivity contribution >= 4 is 5.91 Å². The summed E-state index contributed by atoms with van der Waals surface area (Å²) in [6.45, 7) is 2.57. The van der Waals surface area contributed by atoms with Crippen LogP contribution in [0.25, 0.3) is 11.3 Å². The van der Waals surface area contributed by atoms with Crippen LogP contribution in [0.15, 0.2) is 48.5 Å². The van der Waals surface area contributed by atoms with Crippen molar-refractivity contribution in [2.45, 2.75) is 26.3 Å². The molecule has 0 aliphatic heterocycles. The molecule has 0 saturated carbocycles. The molecule has 4 heteroatoms. The van der Waals surface area contributed by atoms with Gasteiger partial charge in [0.1, 0.15) is 0 Å². The van der Waals surface area contributed by atoms with Crippen molar-refractivity contribution in [3.8, 4) is 11.3 Å². The molecule has 1 aliphatic rings. The summed E-state index contributed by atoms with van der Waals surface area (Å²) in [4.78, 5) is 12.7. The average Bonchev–Trinajstić information content (AvgIpc) is 2.98. The van der Waals surface area contributed by atoms with Crippen LogP contribution in [0.2, 0.25) is 0 Å². The Morgan fingerprint density at radius 3 is 2.68 bits per heavy atom. The van der Waals surface area contributed by atoms with Crippen molar-refractivity contribution in [3.05, 3.63) is 76.5 Å². The van der Waals surface area contributed by atoms with E-state index in [0.29, 0.717) is 12.2 Å². The Bertz CT molecular complexity index is 938. The number of amides is 1. The van der Waals surface area contributed by atoms with Crippen LogP contribution in [0.4, 0.5) is 0 Å². The zero-order valence-corrected chi connectivity index (χ0v) is 14.5. The second-order valence-electron chi connectivity index (χ2n) is 6.62. The van der Waals surface area contributed by atoms with Gasteiger partial charge in [0.25, 0.3) is 5.91 Å². The maximum Gasteiger partial charge on any atom is 0.272 e. The molecule has 0 unspecified atom stereocenters. The SMILES string of the molecule is Cc1ccc(CNC(=O)c2nn(C)c3c2CCc2ccccc2-3)cc1. The van der Waals surface area contributed by atoms with E-state index >= 15 is 0 Å². The second kappa shape index (κ2) is 6.20. The molecule has 4 nitrogen and oxygen atoms in total. The summed E-state index contributed by atoms with van der Waals surface area (Å²) in [5.74, 6) is -0.100. The Hall–Kier alpha value is -2.88. The van der Waals surface area contributed by atoms with Crippen molar-refractivity contribution < 1.29 is 4.79 Å². The van der Waals surface area contributed by atoms with E-state index < -0.39 is 0 Å². The molecule has 4 rings (SSSR count). The quantitative estimate of drug-likeness (QED) is 0.799. The fourth-order valence-corrected chi connectivity index (χ4v) is 3.52. The van der Waals surface area contributed by atoms with Gasteiger partial charge in [0.2, 0.25) is 0 Å². The Kier molecular flexibility index (Phi) is 3.88. The van der Waals surface area contributed by atoms with E-state index in [9.17, 15) is 4.79 Å². The third-order valence-electron chi connectivity index (χ3n) is 4.85. The fraction of sp³-hybridized carbons (Fsp3) is 0.238. The van der Waals surface area contributed by atoms with Crippen LogP contribution >= 0.6 is 0 Å². The number of carbonyl (C=O) groups is 1. The van der Waals surface area contributed by atoms with Crippen molar-refractivity contribution in [2.75, 3.05) is 0 Å². The van der Waals surface area contributed by atoms with Gasteiger partial charge in [-0.1, -0.05) is 54.1 Å². The Morgan fingerprint density at radius 1 is 1.12 bits per heavy atom. The number of fused-ring (bicyclic) bond motifs is 3. The van der Waals surface area contributed by atoms with Crippen molar-refractivity contribution in [1.29, 1.82) is 0 Å². The van der Waals surface area contributed by atoms with Crippen molar-refractivity contribution in [2.24, 2.45) is 7.05 Å². The van der Waals surface area contributed by atoms with Gasteiger partial charge in [-0.25, -0.2) is 0 Å². The molecule has 0 saturated heterocycles. The van der Waals surface area contributed by atoms with Crippen LogP contribution < -0.4 is 5.32 Å². The van der Waals surface area contributed by atoms with E-state index in [1.54, 1.807) is 0 Å². The first-order valence-electron chi connectivity index (χ1n) is 8.61. The number of aromatic nitrogens is 2. The Labute approximate surface area is 147 Å². The third kappa shape index (κ3) is 2.84. The standard InChI is InChI=1S/C21H21N3O/c1-14-7-9-15(10-8-14)13-22-21(25)19-18-12-11-16-5-3-4-6-17(16)20(18)24(2)23-19/h3-10H,11-13H2,1-2H3,(H,22,25). The predicted molar refractivity (Wildman–Crippen MR) is 98.4 cm³/mol. The Morgan fingerprint density at radius 2 is 1.88 bits per heavy atom. The molecule has 3 aromatic rings. The molecule has 1 heterocycles. The number of hydrogen-bond acceptors (Lipinski definition) is 2. The second-order valence-corrected chi connectivity index (χ2v) is 6.62. The molecule has 1 N–H and O–H groups in total. The fourth-order valence-electron chi connectivity index (χ4n) is 3.52. The van der Waals surface area contributed by atoms with Crippen LogP contribution in [0.1, 0.15) is 32.7 Å². The number of nitrogens with zero attached hydrogens (tertiary/aromatic N) is 2. The summed E-state index contributed by atoms with van der Waals surface area (Å²) in [7, 11) is 1.91. The van der Waals surface area contributed by atoms with Gasteiger partial charge in [-0.05, 0) is 30.9 Å². The van der Waals surface area contributed by atoms with Gasteiger partial charge in [-0.2, -0.15) is 5.10 Å².